The van der Waals surface area contributed by atoms with Crippen LogP contribution >= 0.6 is 0 Å². The number of likely N-dealkylation sites (N-methyl/N-ethyl adjacent to an activating group) is 3. The largest absolute Gasteiger partial charge is 0.389 e. The minimum absolute atomic E-state index is 0.154. The third-order valence-corrected chi connectivity index (χ3v) is 18.0. The van der Waals surface area contributed by atoms with Gasteiger partial charge in [0.1, 0.15) is 0 Å². The molecule has 3 aliphatic carbocycles. The molecule has 3 saturated heterocycles. The minimum Gasteiger partial charge on any atom is -0.389 e. The lowest BCUT2D eigenvalue weighted by Gasteiger charge is -2.43. The van der Waals surface area contributed by atoms with Gasteiger partial charge in [-0.25, -0.2) is 0 Å². The van der Waals surface area contributed by atoms with Gasteiger partial charge in [-0.3, -0.25) is 0 Å². The molecule has 0 bridgehead atoms. The third-order valence-electron chi connectivity index (χ3n) is 18.0. The van der Waals surface area contributed by atoms with E-state index in [9.17, 15) is 15.3 Å². The van der Waals surface area contributed by atoms with Gasteiger partial charge in [-0.2, -0.15) is 0 Å². The first-order valence-corrected chi connectivity index (χ1v) is 28.8. The molecule has 396 valence electrons. The molecule has 9 heteroatoms. The fraction of sp³-hybridized carbons (Fsp3) is 0.770. The average Bonchev–Trinajstić information content (AvgIpc) is 3.34. The summed E-state index contributed by atoms with van der Waals surface area (Å²) in [7, 11) is 6.60. The molecule has 0 radical (unpaired) electrons. The van der Waals surface area contributed by atoms with E-state index in [0.29, 0.717) is 17.8 Å². The summed E-state index contributed by atoms with van der Waals surface area (Å²) in [5, 5.41) is 34.5. The van der Waals surface area contributed by atoms with Gasteiger partial charge in [0.2, 0.25) is 0 Å². The SMILES string of the molecule is C=CC1(O)CCCCCCC1CN1CCN(C)CC1.CN1CCN(CC2CCCCCCC2(O)Cc2ccccc2)CC1.CN1CCN(CC2CCCCCCC2(O)c2ccc(C(C)(C)C)cc2)CC1. The highest BCUT2D eigenvalue weighted by Gasteiger charge is 2.41. The highest BCUT2D eigenvalue weighted by Crippen LogP contribution is 2.42. The van der Waals surface area contributed by atoms with Gasteiger partial charge < -0.3 is 44.7 Å². The van der Waals surface area contributed by atoms with E-state index in [0.717, 1.165) is 155 Å². The average molecular weight is 970 g/mol. The molecule has 8 rings (SSSR count). The van der Waals surface area contributed by atoms with Crippen LogP contribution in [0.2, 0.25) is 0 Å². The molecule has 0 amide bonds. The first kappa shape index (κ1) is 57.1. The van der Waals surface area contributed by atoms with Gasteiger partial charge in [0.15, 0.2) is 0 Å². The zero-order valence-electron chi connectivity index (χ0n) is 45.8. The quantitative estimate of drug-likeness (QED) is 0.202. The molecule has 0 spiro atoms. The summed E-state index contributed by atoms with van der Waals surface area (Å²) in [5.41, 5.74) is 2.06. The summed E-state index contributed by atoms with van der Waals surface area (Å²) in [6, 6.07) is 19.5. The molecule has 2 aromatic rings. The Morgan fingerprint density at radius 1 is 0.500 bits per heavy atom. The van der Waals surface area contributed by atoms with Crippen molar-refractivity contribution in [2.75, 3.05) is 119 Å². The van der Waals surface area contributed by atoms with Gasteiger partial charge in [-0.1, -0.05) is 158 Å². The third kappa shape index (κ3) is 17.5. The highest BCUT2D eigenvalue weighted by molar-refractivity contribution is 5.31. The smallest absolute Gasteiger partial charge is 0.0936 e. The van der Waals surface area contributed by atoms with E-state index in [2.05, 4.69) is 132 Å². The summed E-state index contributed by atoms with van der Waals surface area (Å²) < 4.78 is 0. The number of hydrogen-bond donors (Lipinski definition) is 3. The number of piperazine rings is 3. The molecule has 2 aromatic carbocycles. The van der Waals surface area contributed by atoms with Crippen molar-refractivity contribution in [1.29, 1.82) is 0 Å². The molecule has 3 aliphatic heterocycles. The van der Waals surface area contributed by atoms with E-state index < -0.39 is 16.8 Å². The lowest BCUT2D eigenvalue weighted by atomic mass is 9.72. The molecule has 6 fully saturated rings. The van der Waals surface area contributed by atoms with Crippen LogP contribution in [0.4, 0.5) is 0 Å². The molecule has 3 saturated carbocycles. The molecule has 0 aromatic heterocycles. The van der Waals surface area contributed by atoms with Crippen molar-refractivity contribution in [2.45, 2.75) is 165 Å². The normalized spacial score (nSPS) is 31.5. The Kier molecular flexibility index (Phi) is 22.8. The van der Waals surface area contributed by atoms with Crippen molar-refractivity contribution < 1.29 is 15.3 Å². The zero-order valence-corrected chi connectivity index (χ0v) is 45.8. The Bertz CT molecular complexity index is 1750. The van der Waals surface area contributed by atoms with Crippen LogP contribution in [0, 0.1) is 17.8 Å². The fourth-order valence-electron chi connectivity index (χ4n) is 12.7. The van der Waals surface area contributed by atoms with E-state index >= 15 is 0 Å². The van der Waals surface area contributed by atoms with Gasteiger partial charge in [0.25, 0.3) is 0 Å². The highest BCUT2D eigenvalue weighted by atomic mass is 16.3. The lowest BCUT2D eigenvalue weighted by molar-refractivity contribution is -0.0574. The number of rotatable bonds is 10. The van der Waals surface area contributed by atoms with Crippen LogP contribution in [0.5, 0.6) is 0 Å². The Morgan fingerprint density at radius 2 is 0.914 bits per heavy atom. The number of benzene rings is 2. The van der Waals surface area contributed by atoms with Crippen LogP contribution in [-0.2, 0) is 17.4 Å². The maximum Gasteiger partial charge on any atom is 0.0936 e. The predicted octanol–water partition coefficient (Wildman–Crippen LogP) is 9.69. The van der Waals surface area contributed by atoms with Crippen LogP contribution in [0.25, 0.3) is 0 Å². The second-order valence-corrected chi connectivity index (χ2v) is 24.5. The van der Waals surface area contributed by atoms with E-state index in [-0.39, 0.29) is 5.41 Å². The molecule has 9 nitrogen and oxygen atoms in total. The first-order chi connectivity index (χ1) is 33.6. The molecule has 6 aliphatic rings. The molecule has 70 heavy (non-hydrogen) atoms. The molecule has 6 unspecified atom stereocenters. The minimum atomic E-state index is -0.680. The number of nitrogens with zero attached hydrogens (tertiary/aromatic N) is 6. The molecule has 6 atom stereocenters. The van der Waals surface area contributed by atoms with Crippen LogP contribution in [-0.4, -0.2) is 175 Å². The van der Waals surface area contributed by atoms with Crippen molar-refractivity contribution in [1.82, 2.24) is 29.4 Å². The van der Waals surface area contributed by atoms with Crippen molar-refractivity contribution in [3.8, 4) is 0 Å². The number of hydrogen-bond acceptors (Lipinski definition) is 9. The monoisotopic (exact) mass is 969 g/mol. The summed E-state index contributed by atoms with van der Waals surface area (Å²) in [6.45, 7) is 27.5. The van der Waals surface area contributed by atoms with Crippen molar-refractivity contribution in [3.05, 3.63) is 83.9 Å². The van der Waals surface area contributed by atoms with Crippen LogP contribution < -0.4 is 0 Å². The topological polar surface area (TPSA) is 80.1 Å². The maximum atomic E-state index is 11.9. The van der Waals surface area contributed by atoms with Crippen LogP contribution in [0.3, 0.4) is 0 Å². The van der Waals surface area contributed by atoms with E-state index in [1.807, 2.05) is 6.08 Å². The summed E-state index contributed by atoms with van der Waals surface area (Å²) in [4.78, 5) is 14.9. The zero-order chi connectivity index (χ0) is 50.0. The Hall–Kier alpha value is -2.18. The number of aliphatic hydroxyl groups is 3. The van der Waals surface area contributed by atoms with E-state index in [4.69, 9.17) is 0 Å². The molecule has 3 N–H and O–H groups in total. The van der Waals surface area contributed by atoms with Crippen LogP contribution in [0.1, 0.15) is 153 Å². The van der Waals surface area contributed by atoms with Crippen molar-refractivity contribution in [2.24, 2.45) is 17.8 Å². The standard InChI is InChI=1S/C24H40N2O.C21H34N2O.C16H30N2O/c1-23(2,3)20-10-12-21(13-11-20)24(27)14-8-6-5-7-9-22(24)19-26-17-15-25(4)16-18-26;1-22-13-15-23(16-14-22)18-20-11-7-2-3-8-12-21(20,24)17-19-9-5-4-6-10-19;1-3-16(19)9-7-5-4-6-8-15(16)14-18-12-10-17(2)11-13-18/h10-13,22,27H,5-9,14-19H2,1-4H3;4-6,9-10,20,24H,2-3,7-8,11-18H2,1H3;3,15,19H,1,4-14H2,2H3. The maximum absolute atomic E-state index is 11.9. The predicted molar refractivity (Wildman–Crippen MR) is 295 cm³/mol. The van der Waals surface area contributed by atoms with Crippen molar-refractivity contribution >= 4 is 0 Å². The van der Waals surface area contributed by atoms with Gasteiger partial charge >= 0.3 is 0 Å². The lowest BCUT2D eigenvalue weighted by Crippen LogP contribution is -2.51. The van der Waals surface area contributed by atoms with Gasteiger partial charge in [0.05, 0.1) is 16.8 Å². The molecular formula is C61H104N6O3. The Labute approximate surface area is 429 Å². The van der Waals surface area contributed by atoms with Gasteiger partial charge in [-0.05, 0) is 81.8 Å². The molecular weight excluding hydrogens is 865 g/mol. The Morgan fingerprint density at radius 3 is 1.40 bits per heavy atom. The summed E-state index contributed by atoms with van der Waals surface area (Å²) in [5.74, 6) is 1.11. The fourth-order valence-corrected chi connectivity index (χ4v) is 12.7. The van der Waals surface area contributed by atoms with E-state index in [1.165, 1.54) is 81.8 Å². The van der Waals surface area contributed by atoms with Gasteiger partial charge in [-0.15, -0.1) is 6.58 Å². The van der Waals surface area contributed by atoms with Crippen molar-refractivity contribution in [3.63, 3.8) is 0 Å². The summed E-state index contributed by atoms with van der Waals surface area (Å²) in [6.07, 6.45) is 23.9. The van der Waals surface area contributed by atoms with E-state index in [1.54, 1.807) is 0 Å². The van der Waals surface area contributed by atoms with Gasteiger partial charge in [0, 0.05) is 122 Å². The summed E-state index contributed by atoms with van der Waals surface area (Å²) >= 11 is 0. The molecule has 3 heterocycles. The Balaban J connectivity index is 0.000000175. The van der Waals surface area contributed by atoms with Crippen LogP contribution in [0.15, 0.2) is 67.3 Å². The second kappa shape index (κ2) is 27.9. The second-order valence-electron chi connectivity index (χ2n) is 24.5. The first-order valence-electron chi connectivity index (χ1n) is 28.8.